The molecule has 0 radical (unpaired) electrons. The number of hydrogen-bond acceptors (Lipinski definition) is 6. The van der Waals surface area contributed by atoms with E-state index in [0.29, 0.717) is 35.3 Å². The van der Waals surface area contributed by atoms with E-state index in [1.807, 2.05) is 84.9 Å². The van der Waals surface area contributed by atoms with Gasteiger partial charge in [0.1, 0.15) is 12.4 Å². The van der Waals surface area contributed by atoms with E-state index in [-0.39, 0.29) is 5.91 Å². The van der Waals surface area contributed by atoms with Crippen molar-refractivity contribution in [2.45, 2.75) is 19.4 Å². The van der Waals surface area contributed by atoms with Crippen molar-refractivity contribution in [1.29, 1.82) is 0 Å². The van der Waals surface area contributed by atoms with E-state index in [1.54, 1.807) is 10.6 Å². The summed E-state index contributed by atoms with van der Waals surface area (Å²) in [6, 6.07) is 28.6. The van der Waals surface area contributed by atoms with E-state index in [4.69, 9.17) is 21.4 Å². The maximum absolute atomic E-state index is 12.9. The number of benzene rings is 3. The summed E-state index contributed by atoms with van der Waals surface area (Å²) in [5.41, 5.74) is 4.80. The van der Waals surface area contributed by atoms with Gasteiger partial charge in [-0.05, 0) is 92.2 Å². The van der Waals surface area contributed by atoms with E-state index < -0.39 is 0 Å². The molecule has 6 rings (SSSR count). The Morgan fingerprint density at radius 2 is 1.71 bits per heavy atom. The fourth-order valence-electron chi connectivity index (χ4n) is 4.95. The number of carbonyl (C=O) groups is 1. The Bertz CT molecular complexity index is 1630. The Kier molecular flexibility index (Phi) is 8.11. The first-order valence-electron chi connectivity index (χ1n) is 13.8. The Morgan fingerprint density at radius 1 is 0.927 bits per heavy atom. The van der Waals surface area contributed by atoms with Crippen molar-refractivity contribution in [2.75, 3.05) is 31.6 Å². The minimum atomic E-state index is -0.154. The van der Waals surface area contributed by atoms with E-state index in [1.165, 1.54) is 25.9 Å². The number of aromatic nitrogens is 3. The normalized spacial score (nSPS) is 13.4. The van der Waals surface area contributed by atoms with Gasteiger partial charge in [0.05, 0.1) is 5.69 Å². The van der Waals surface area contributed by atoms with Crippen molar-refractivity contribution >= 4 is 34.8 Å². The molecule has 9 heteroatoms. The van der Waals surface area contributed by atoms with Crippen molar-refractivity contribution in [2.24, 2.45) is 0 Å². The maximum Gasteiger partial charge on any atom is 0.251 e. The molecule has 0 atom stereocenters. The third-order valence-corrected chi connectivity index (χ3v) is 7.38. The van der Waals surface area contributed by atoms with E-state index in [0.717, 1.165) is 34.8 Å². The smallest absolute Gasteiger partial charge is 0.251 e. The molecule has 1 aliphatic heterocycles. The first kappa shape index (κ1) is 26.8. The number of pyridine rings is 1. The second kappa shape index (κ2) is 12.4. The molecule has 3 heterocycles. The Morgan fingerprint density at radius 3 is 2.51 bits per heavy atom. The molecule has 208 valence electrons. The maximum atomic E-state index is 12.9. The zero-order valence-electron chi connectivity index (χ0n) is 22.6. The summed E-state index contributed by atoms with van der Waals surface area (Å²) in [4.78, 5) is 20.0. The number of likely N-dealkylation sites (tertiary alicyclic amines) is 1. The van der Waals surface area contributed by atoms with Crippen molar-refractivity contribution in [1.82, 2.24) is 24.8 Å². The summed E-state index contributed by atoms with van der Waals surface area (Å²) in [6.45, 7) is 4.41. The van der Waals surface area contributed by atoms with Gasteiger partial charge in [0.25, 0.3) is 5.91 Å². The van der Waals surface area contributed by atoms with Gasteiger partial charge in [-0.25, -0.2) is 4.52 Å². The SMILES string of the molecule is O=C(NCc1ccc(Cl)cc1)c1cccc(-c2cccc3nc(Nc4ccc(OCCN5CCCC5)cc4)nn23)c1. The molecule has 0 spiro atoms. The summed E-state index contributed by atoms with van der Waals surface area (Å²) >= 11 is 5.96. The number of carbonyl (C=O) groups excluding carboxylic acids is 1. The molecule has 5 aromatic rings. The molecule has 1 fully saturated rings. The summed E-state index contributed by atoms with van der Waals surface area (Å²) in [7, 11) is 0. The van der Waals surface area contributed by atoms with Crippen LogP contribution in [0.4, 0.5) is 11.6 Å². The number of nitrogens with zero attached hydrogens (tertiary/aromatic N) is 4. The molecule has 0 aliphatic carbocycles. The van der Waals surface area contributed by atoms with Gasteiger partial charge in [0.2, 0.25) is 5.95 Å². The fraction of sp³-hybridized carbons (Fsp3) is 0.219. The number of anilines is 2. The summed E-state index contributed by atoms with van der Waals surface area (Å²) in [6.07, 6.45) is 2.57. The lowest BCUT2D eigenvalue weighted by atomic mass is 10.1. The van der Waals surface area contributed by atoms with Crippen LogP contribution < -0.4 is 15.4 Å². The van der Waals surface area contributed by atoms with Crippen LogP contribution in [0.1, 0.15) is 28.8 Å². The molecule has 8 nitrogen and oxygen atoms in total. The molecule has 2 aromatic heterocycles. The minimum Gasteiger partial charge on any atom is -0.492 e. The fourth-order valence-corrected chi connectivity index (χ4v) is 5.07. The number of halogens is 1. The highest BCUT2D eigenvalue weighted by molar-refractivity contribution is 6.30. The quantitative estimate of drug-likeness (QED) is 0.209. The Hall–Kier alpha value is -4.40. The lowest BCUT2D eigenvalue weighted by Gasteiger charge is -2.15. The van der Waals surface area contributed by atoms with Crippen molar-refractivity contribution in [3.63, 3.8) is 0 Å². The van der Waals surface area contributed by atoms with Crippen molar-refractivity contribution in [3.8, 4) is 17.0 Å². The number of amides is 1. The molecular formula is C32H31ClN6O2. The first-order valence-corrected chi connectivity index (χ1v) is 14.2. The number of rotatable bonds is 10. The zero-order valence-corrected chi connectivity index (χ0v) is 23.3. The van der Waals surface area contributed by atoms with E-state index >= 15 is 0 Å². The molecule has 0 saturated carbocycles. The molecule has 0 unspecified atom stereocenters. The Labute approximate surface area is 243 Å². The molecule has 1 saturated heterocycles. The van der Waals surface area contributed by atoms with Gasteiger partial charge in [-0.1, -0.05) is 41.9 Å². The van der Waals surface area contributed by atoms with Crippen molar-refractivity contribution < 1.29 is 9.53 Å². The summed E-state index contributed by atoms with van der Waals surface area (Å²) in [5.74, 6) is 1.17. The lowest BCUT2D eigenvalue weighted by molar-refractivity contribution is 0.0951. The topological polar surface area (TPSA) is 83.8 Å². The second-order valence-corrected chi connectivity index (χ2v) is 10.5. The number of nitrogens with one attached hydrogen (secondary N) is 2. The molecule has 2 N–H and O–H groups in total. The van der Waals surface area contributed by atoms with Crippen LogP contribution in [0.5, 0.6) is 5.75 Å². The minimum absolute atomic E-state index is 0.154. The number of fused-ring (bicyclic) bond motifs is 1. The molecule has 1 aliphatic rings. The highest BCUT2D eigenvalue weighted by atomic mass is 35.5. The average molecular weight is 567 g/mol. The highest BCUT2D eigenvalue weighted by Crippen LogP contribution is 2.24. The lowest BCUT2D eigenvalue weighted by Crippen LogP contribution is -2.25. The first-order chi connectivity index (χ1) is 20.1. The second-order valence-electron chi connectivity index (χ2n) is 10.1. The largest absolute Gasteiger partial charge is 0.492 e. The standard InChI is InChI=1S/C32H31ClN6O2/c33-26-11-9-23(10-12-26)22-34-31(40)25-6-3-5-24(21-25)29-7-4-8-30-36-32(37-39(29)30)35-27-13-15-28(16-14-27)41-20-19-38-17-1-2-18-38/h3-16,21H,1-2,17-20,22H2,(H,34,40)(H,35,37). The third-order valence-electron chi connectivity index (χ3n) is 7.13. The molecule has 41 heavy (non-hydrogen) atoms. The van der Waals surface area contributed by atoms with Crippen LogP contribution in [0.25, 0.3) is 16.9 Å². The predicted octanol–water partition coefficient (Wildman–Crippen LogP) is 6.20. The molecule has 0 bridgehead atoms. The third kappa shape index (κ3) is 6.67. The van der Waals surface area contributed by atoms with Gasteiger partial charge in [0, 0.05) is 34.9 Å². The van der Waals surface area contributed by atoms with Crippen LogP contribution in [0, 0.1) is 0 Å². The summed E-state index contributed by atoms with van der Waals surface area (Å²) in [5, 5.41) is 11.6. The van der Waals surface area contributed by atoms with Gasteiger partial charge in [-0.15, -0.1) is 5.10 Å². The van der Waals surface area contributed by atoms with Crippen LogP contribution >= 0.6 is 11.6 Å². The van der Waals surface area contributed by atoms with Crippen LogP contribution in [0.15, 0.2) is 91.0 Å². The highest BCUT2D eigenvalue weighted by Gasteiger charge is 2.13. The Balaban J connectivity index is 1.12. The van der Waals surface area contributed by atoms with E-state index in [9.17, 15) is 4.79 Å². The molecule has 3 aromatic carbocycles. The summed E-state index contributed by atoms with van der Waals surface area (Å²) < 4.78 is 7.70. The van der Waals surface area contributed by atoms with Crippen LogP contribution in [-0.2, 0) is 6.54 Å². The van der Waals surface area contributed by atoms with Crippen molar-refractivity contribution in [3.05, 3.63) is 107 Å². The molecule has 1 amide bonds. The van der Waals surface area contributed by atoms with Gasteiger partial charge >= 0.3 is 0 Å². The van der Waals surface area contributed by atoms with Crippen LogP contribution in [0.2, 0.25) is 5.02 Å². The van der Waals surface area contributed by atoms with Gasteiger partial charge in [-0.2, -0.15) is 4.98 Å². The zero-order chi connectivity index (χ0) is 28.0. The monoisotopic (exact) mass is 566 g/mol. The van der Waals surface area contributed by atoms with Gasteiger partial charge < -0.3 is 15.4 Å². The van der Waals surface area contributed by atoms with Gasteiger partial charge in [-0.3, -0.25) is 9.69 Å². The number of hydrogen-bond donors (Lipinski definition) is 2. The van der Waals surface area contributed by atoms with Crippen LogP contribution in [-0.4, -0.2) is 51.6 Å². The van der Waals surface area contributed by atoms with E-state index in [2.05, 4.69) is 20.5 Å². The average Bonchev–Trinajstić information content (AvgIpc) is 3.67. The molecular weight excluding hydrogens is 536 g/mol. The van der Waals surface area contributed by atoms with Crippen LogP contribution in [0.3, 0.4) is 0 Å². The number of ether oxygens (including phenoxy) is 1. The predicted molar refractivity (Wildman–Crippen MR) is 162 cm³/mol. The van der Waals surface area contributed by atoms with Gasteiger partial charge in [0.15, 0.2) is 5.65 Å².